The first-order chi connectivity index (χ1) is 14.7. The summed E-state index contributed by atoms with van der Waals surface area (Å²) in [6.45, 7) is 4.40. The Balaban J connectivity index is 0.00000204. The molecule has 5 aromatic rings. The molecule has 0 saturated carbocycles. The van der Waals surface area contributed by atoms with Crippen molar-refractivity contribution in [2.75, 3.05) is 0 Å². The van der Waals surface area contributed by atoms with Gasteiger partial charge in [0.2, 0.25) is 0 Å². The van der Waals surface area contributed by atoms with Crippen LogP contribution in [0.15, 0.2) is 84.9 Å². The Kier molecular flexibility index (Phi) is 4.85. The third kappa shape index (κ3) is 2.98. The maximum Gasteiger partial charge on any atom is 0.0608 e. The molecular weight excluding hydrogens is 555 g/mol. The zero-order valence-electron chi connectivity index (χ0n) is 17.4. The van der Waals surface area contributed by atoms with Gasteiger partial charge in [0.25, 0.3) is 0 Å². The molecule has 1 aromatic heterocycles. The molecule has 6 rings (SSSR count). The number of benzene rings is 4. The van der Waals surface area contributed by atoms with Crippen molar-refractivity contribution in [2.45, 2.75) is 13.8 Å². The molecule has 31 heavy (non-hydrogen) atoms. The molecule has 1 aliphatic rings. The van der Waals surface area contributed by atoms with E-state index in [0.29, 0.717) is 0 Å². The molecule has 2 heteroatoms. The molecule has 0 atom stereocenters. The van der Waals surface area contributed by atoms with Gasteiger partial charge in [-0.3, -0.25) is 4.98 Å². The van der Waals surface area contributed by atoms with Crippen LogP contribution in [0, 0.1) is 19.9 Å². The van der Waals surface area contributed by atoms with Gasteiger partial charge in [0, 0.05) is 25.5 Å². The molecule has 0 aliphatic heterocycles. The van der Waals surface area contributed by atoms with Gasteiger partial charge < -0.3 is 0 Å². The summed E-state index contributed by atoms with van der Waals surface area (Å²) < 4.78 is 0. The van der Waals surface area contributed by atoms with Crippen molar-refractivity contribution in [1.29, 1.82) is 0 Å². The first kappa shape index (κ1) is 19.9. The van der Waals surface area contributed by atoms with Crippen molar-refractivity contribution in [3.8, 4) is 44.6 Å². The Morgan fingerprint density at radius 2 is 1.42 bits per heavy atom. The summed E-state index contributed by atoms with van der Waals surface area (Å²) >= 11 is 0. The first-order valence-electron chi connectivity index (χ1n) is 10.3. The van der Waals surface area contributed by atoms with Crippen LogP contribution in [0.5, 0.6) is 0 Å². The molecule has 0 amide bonds. The normalized spacial score (nSPS) is 11.3. The van der Waals surface area contributed by atoms with Crippen LogP contribution in [0.2, 0.25) is 0 Å². The number of aryl methyl sites for hydroxylation is 1. The molecular formula is C29H20IrN-. The van der Waals surface area contributed by atoms with Gasteiger partial charge in [-0.05, 0) is 59.0 Å². The number of hydrogen-bond acceptors (Lipinski definition) is 1. The average molecular weight is 575 g/mol. The van der Waals surface area contributed by atoms with Crippen LogP contribution in [0.3, 0.4) is 0 Å². The minimum Gasteiger partial charge on any atom is -0.296 e. The van der Waals surface area contributed by atoms with Gasteiger partial charge in [-0.25, -0.2) is 0 Å². The van der Waals surface area contributed by atoms with Gasteiger partial charge in [-0.15, -0.1) is 35.4 Å². The number of pyridine rings is 1. The van der Waals surface area contributed by atoms with Crippen LogP contribution < -0.4 is 0 Å². The Labute approximate surface area is 196 Å². The van der Waals surface area contributed by atoms with E-state index < -0.39 is 0 Å². The van der Waals surface area contributed by atoms with E-state index in [0.717, 1.165) is 16.8 Å². The van der Waals surface area contributed by atoms with E-state index in [4.69, 9.17) is 4.98 Å². The standard InChI is InChI=1S/C29H20N.Ir/c1-18-15-16-25-28-26(18)23-13-6-7-14-24(23)27(28)19(2)29(30-25)22-12-8-11-21(17-22)20-9-4-3-5-10-20;/h3-11,13-17H,1-2H3;/q-1;. The molecule has 0 unspecified atom stereocenters. The Hall–Kier alpha value is -3.06. The third-order valence-corrected chi connectivity index (χ3v) is 6.23. The Morgan fingerprint density at radius 3 is 2.19 bits per heavy atom. The number of hydrogen-bond donors (Lipinski definition) is 0. The molecule has 4 aromatic carbocycles. The van der Waals surface area contributed by atoms with Crippen LogP contribution in [0.25, 0.3) is 55.5 Å². The van der Waals surface area contributed by atoms with Crippen molar-refractivity contribution in [3.05, 3.63) is 102 Å². The summed E-state index contributed by atoms with van der Waals surface area (Å²) in [4.78, 5) is 5.13. The van der Waals surface area contributed by atoms with E-state index in [1.54, 1.807) is 0 Å². The van der Waals surface area contributed by atoms with Crippen LogP contribution in [-0.4, -0.2) is 4.98 Å². The van der Waals surface area contributed by atoms with E-state index in [1.807, 2.05) is 12.1 Å². The van der Waals surface area contributed by atoms with E-state index in [9.17, 15) is 0 Å². The number of rotatable bonds is 2. The fourth-order valence-electron chi connectivity index (χ4n) is 4.83. The van der Waals surface area contributed by atoms with Crippen molar-refractivity contribution in [1.82, 2.24) is 4.98 Å². The molecule has 1 aliphatic carbocycles. The maximum atomic E-state index is 5.13. The van der Waals surface area contributed by atoms with Crippen LogP contribution in [-0.2, 0) is 20.1 Å². The SMILES string of the molecule is Cc1ccc2nc(-c3[c-]ccc(-c4ccccc4)c3)c(C)c3c2c1-c1ccccc1-3.[Ir]. The summed E-state index contributed by atoms with van der Waals surface area (Å²) in [5, 5.41) is 1.29. The second-order valence-corrected chi connectivity index (χ2v) is 8.01. The monoisotopic (exact) mass is 575 g/mol. The van der Waals surface area contributed by atoms with Crippen LogP contribution >= 0.6 is 0 Å². The van der Waals surface area contributed by atoms with Crippen LogP contribution in [0.4, 0.5) is 0 Å². The zero-order valence-corrected chi connectivity index (χ0v) is 19.8. The Morgan fingerprint density at radius 1 is 0.710 bits per heavy atom. The minimum atomic E-state index is 0. The summed E-state index contributed by atoms with van der Waals surface area (Å²) in [6, 6.07) is 33.4. The Bertz CT molecular complexity index is 1450. The number of fused-ring (bicyclic) bond motifs is 3. The molecule has 0 bridgehead atoms. The zero-order chi connectivity index (χ0) is 20.2. The molecule has 0 fully saturated rings. The predicted octanol–water partition coefficient (Wildman–Crippen LogP) is 7.63. The van der Waals surface area contributed by atoms with E-state index in [1.165, 1.54) is 49.9 Å². The van der Waals surface area contributed by atoms with Crippen molar-refractivity contribution in [3.63, 3.8) is 0 Å². The summed E-state index contributed by atoms with van der Waals surface area (Å²) in [5.41, 5.74) is 13.3. The van der Waals surface area contributed by atoms with Gasteiger partial charge >= 0.3 is 0 Å². The number of nitrogens with zero attached hydrogens (tertiary/aromatic N) is 1. The molecule has 0 N–H and O–H groups in total. The second-order valence-electron chi connectivity index (χ2n) is 8.01. The van der Waals surface area contributed by atoms with Gasteiger partial charge in [-0.2, -0.15) is 0 Å². The van der Waals surface area contributed by atoms with Gasteiger partial charge in [0.1, 0.15) is 0 Å². The minimum absolute atomic E-state index is 0. The van der Waals surface area contributed by atoms with Crippen molar-refractivity contribution in [2.24, 2.45) is 0 Å². The molecule has 1 nitrogen and oxygen atoms in total. The third-order valence-electron chi connectivity index (χ3n) is 6.23. The average Bonchev–Trinajstić information content (AvgIpc) is 3.16. The van der Waals surface area contributed by atoms with Gasteiger partial charge in [-0.1, -0.05) is 66.2 Å². The maximum absolute atomic E-state index is 5.13. The van der Waals surface area contributed by atoms with E-state index >= 15 is 0 Å². The second kappa shape index (κ2) is 7.57. The molecule has 0 spiro atoms. The van der Waals surface area contributed by atoms with E-state index in [-0.39, 0.29) is 20.1 Å². The van der Waals surface area contributed by atoms with Gasteiger partial charge in [0.05, 0.1) is 5.52 Å². The van der Waals surface area contributed by atoms with Crippen molar-refractivity contribution >= 4 is 10.9 Å². The summed E-state index contributed by atoms with van der Waals surface area (Å²) in [6.07, 6.45) is 0. The van der Waals surface area contributed by atoms with Crippen LogP contribution in [0.1, 0.15) is 11.1 Å². The smallest absolute Gasteiger partial charge is 0.0608 e. The summed E-state index contributed by atoms with van der Waals surface area (Å²) in [7, 11) is 0. The first-order valence-corrected chi connectivity index (χ1v) is 10.3. The molecule has 1 heterocycles. The molecule has 0 saturated heterocycles. The van der Waals surface area contributed by atoms with Crippen molar-refractivity contribution < 1.29 is 20.1 Å². The topological polar surface area (TPSA) is 12.9 Å². The summed E-state index contributed by atoms with van der Waals surface area (Å²) in [5.74, 6) is 0. The predicted molar refractivity (Wildman–Crippen MR) is 125 cm³/mol. The van der Waals surface area contributed by atoms with E-state index in [2.05, 4.69) is 92.7 Å². The largest absolute Gasteiger partial charge is 0.296 e. The number of aromatic nitrogens is 1. The molecule has 1 radical (unpaired) electrons. The quantitative estimate of drug-likeness (QED) is 0.194. The van der Waals surface area contributed by atoms with Gasteiger partial charge in [0.15, 0.2) is 0 Å². The fraction of sp³-hybridized carbons (Fsp3) is 0.0690. The fourth-order valence-corrected chi connectivity index (χ4v) is 4.83. The molecule has 151 valence electrons.